The molecule has 0 bridgehead atoms. The maximum atomic E-state index is 12.6. The Hall–Kier alpha value is -1.54. The van der Waals surface area contributed by atoms with E-state index < -0.39 is 10.0 Å². The first-order valence-corrected chi connectivity index (χ1v) is 13.3. The zero-order valence-electron chi connectivity index (χ0n) is 17.8. The van der Waals surface area contributed by atoms with Gasteiger partial charge in [0.25, 0.3) is 0 Å². The first kappa shape index (κ1) is 23.1. The van der Waals surface area contributed by atoms with E-state index in [1.807, 2.05) is 6.92 Å². The summed E-state index contributed by atoms with van der Waals surface area (Å²) in [6.45, 7) is 6.12. The van der Waals surface area contributed by atoms with Crippen LogP contribution in [0, 0.1) is 5.92 Å². The molecule has 3 rings (SSSR count). The zero-order valence-corrected chi connectivity index (χ0v) is 19.5. The smallest absolute Gasteiger partial charge is 0.240 e. The van der Waals surface area contributed by atoms with Crippen molar-refractivity contribution in [2.75, 3.05) is 32.5 Å². The maximum Gasteiger partial charge on any atom is 0.240 e. The van der Waals surface area contributed by atoms with Crippen molar-refractivity contribution in [1.29, 1.82) is 0 Å². The SMILES string of the molecule is CCCOc1ccc(S(=O)(=O)NCC2CCN(Cc3ccccc3SC)CC2)cc1. The largest absolute Gasteiger partial charge is 0.494 e. The number of hydrogen-bond donors (Lipinski definition) is 1. The summed E-state index contributed by atoms with van der Waals surface area (Å²) < 4.78 is 33.5. The van der Waals surface area contributed by atoms with Crippen molar-refractivity contribution >= 4 is 21.8 Å². The number of rotatable bonds is 10. The van der Waals surface area contributed by atoms with Gasteiger partial charge in [-0.15, -0.1) is 11.8 Å². The molecule has 30 heavy (non-hydrogen) atoms. The second-order valence-corrected chi connectivity index (χ2v) is 10.3. The molecule has 0 saturated carbocycles. The molecule has 0 unspecified atom stereocenters. The van der Waals surface area contributed by atoms with Crippen LogP contribution in [-0.2, 0) is 16.6 Å². The predicted octanol–water partition coefficient (Wildman–Crippen LogP) is 4.39. The highest BCUT2D eigenvalue weighted by molar-refractivity contribution is 7.98. The van der Waals surface area contributed by atoms with Gasteiger partial charge in [-0.1, -0.05) is 25.1 Å². The molecule has 2 aromatic carbocycles. The fraction of sp³-hybridized carbons (Fsp3) is 0.478. The molecule has 1 fully saturated rings. The fourth-order valence-corrected chi connectivity index (χ4v) is 5.39. The molecular weight excluding hydrogens is 416 g/mol. The number of thioether (sulfide) groups is 1. The Labute approximate surface area is 185 Å². The molecule has 0 spiro atoms. The Kier molecular flexibility index (Phi) is 8.62. The molecule has 1 N–H and O–H groups in total. The Morgan fingerprint density at radius 3 is 2.47 bits per heavy atom. The summed E-state index contributed by atoms with van der Waals surface area (Å²) >= 11 is 1.79. The highest BCUT2D eigenvalue weighted by atomic mass is 32.2. The lowest BCUT2D eigenvalue weighted by molar-refractivity contribution is 0.177. The van der Waals surface area contributed by atoms with Gasteiger partial charge in [-0.3, -0.25) is 4.90 Å². The van der Waals surface area contributed by atoms with Gasteiger partial charge < -0.3 is 4.74 Å². The van der Waals surface area contributed by atoms with Crippen molar-refractivity contribution in [3.8, 4) is 5.75 Å². The van der Waals surface area contributed by atoms with Gasteiger partial charge >= 0.3 is 0 Å². The van der Waals surface area contributed by atoms with E-state index in [1.54, 1.807) is 36.0 Å². The second-order valence-electron chi connectivity index (χ2n) is 7.70. The van der Waals surface area contributed by atoms with Crippen LogP contribution in [0.25, 0.3) is 0 Å². The number of sulfonamides is 1. The molecule has 5 nitrogen and oxygen atoms in total. The van der Waals surface area contributed by atoms with E-state index in [4.69, 9.17) is 4.74 Å². The summed E-state index contributed by atoms with van der Waals surface area (Å²) in [5, 5.41) is 0. The topological polar surface area (TPSA) is 58.6 Å². The van der Waals surface area contributed by atoms with E-state index >= 15 is 0 Å². The summed E-state index contributed by atoms with van der Waals surface area (Å²) in [7, 11) is -3.49. The van der Waals surface area contributed by atoms with Gasteiger partial charge in [0, 0.05) is 18.0 Å². The number of nitrogens with zero attached hydrogens (tertiary/aromatic N) is 1. The normalized spacial score (nSPS) is 15.9. The van der Waals surface area contributed by atoms with Crippen LogP contribution in [0.15, 0.2) is 58.3 Å². The van der Waals surface area contributed by atoms with Crippen molar-refractivity contribution in [2.24, 2.45) is 5.92 Å². The van der Waals surface area contributed by atoms with Crippen LogP contribution in [0.2, 0.25) is 0 Å². The van der Waals surface area contributed by atoms with Gasteiger partial charge in [-0.25, -0.2) is 13.1 Å². The quantitative estimate of drug-likeness (QED) is 0.547. The van der Waals surface area contributed by atoms with Crippen LogP contribution in [0.3, 0.4) is 0 Å². The molecule has 0 amide bonds. The van der Waals surface area contributed by atoms with Gasteiger partial charge in [0.05, 0.1) is 11.5 Å². The Morgan fingerprint density at radius 1 is 1.10 bits per heavy atom. The molecule has 1 heterocycles. The van der Waals surface area contributed by atoms with Crippen LogP contribution in [-0.4, -0.2) is 45.8 Å². The van der Waals surface area contributed by atoms with E-state index in [2.05, 4.69) is 40.1 Å². The van der Waals surface area contributed by atoms with Gasteiger partial charge in [0.1, 0.15) is 5.75 Å². The minimum atomic E-state index is -3.49. The number of likely N-dealkylation sites (tertiary alicyclic amines) is 1. The van der Waals surface area contributed by atoms with Crippen LogP contribution >= 0.6 is 11.8 Å². The third-order valence-electron chi connectivity index (χ3n) is 5.46. The number of nitrogens with one attached hydrogen (secondary N) is 1. The summed E-state index contributed by atoms with van der Waals surface area (Å²) in [4.78, 5) is 4.09. The van der Waals surface area contributed by atoms with Crippen molar-refractivity contribution in [3.63, 3.8) is 0 Å². The average molecular weight is 449 g/mol. The molecule has 0 radical (unpaired) electrons. The first-order chi connectivity index (χ1) is 14.5. The maximum absolute atomic E-state index is 12.6. The summed E-state index contributed by atoms with van der Waals surface area (Å²) in [5.74, 6) is 1.07. The average Bonchev–Trinajstić information content (AvgIpc) is 2.78. The van der Waals surface area contributed by atoms with E-state index in [0.29, 0.717) is 24.8 Å². The van der Waals surface area contributed by atoms with Crippen molar-refractivity contribution in [2.45, 2.75) is 42.5 Å². The molecule has 0 aromatic heterocycles. The number of ether oxygens (including phenoxy) is 1. The van der Waals surface area contributed by atoms with E-state index in [0.717, 1.165) is 38.9 Å². The Bertz CT molecular complexity index is 893. The van der Waals surface area contributed by atoms with Crippen LogP contribution in [0.4, 0.5) is 0 Å². The zero-order chi connectivity index (χ0) is 21.4. The van der Waals surface area contributed by atoms with E-state index in [-0.39, 0.29) is 4.90 Å². The summed E-state index contributed by atoms with van der Waals surface area (Å²) in [5.41, 5.74) is 1.37. The molecule has 2 aromatic rings. The van der Waals surface area contributed by atoms with Gasteiger partial charge in [0.15, 0.2) is 0 Å². The summed E-state index contributed by atoms with van der Waals surface area (Å²) in [6, 6.07) is 15.2. The van der Waals surface area contributed by atoms with Crippen LogP contribution in [0.5, 0.6) is 5.75 Å². The standard InChI is InChI=1S/C23H32N2O3S2/c1-3-16-28-21-8-10-22(11-9-21)30(26,27)24-17-19-12-14-25(15-13-19)18-20-6-4-5-7-23(20)29-2/h4-11,19,24H,3,12-18H2,1-2H3. The monoisotopic (exact) mass is 448 g/mol. The minimum Gasteiger partial charge on any atom is -0.494 e. The van der Waals surface area contributed by atoms with E-state index in [1.165, 1.54) is 10.5 Å². The van der Waals surface area contributed by atoms with Crippen molar-refractivity contribution in [1.82, 2.24) is 9.62 Å². The first-order valence-electron chi connectivity index (χ1n) is 10.6. The minimum absolute atomic E-state index is 0.289. The lowest BCUT2D eigenvalue weighted by Crippen LogP contribution is -2.38. The number of hydrogen-bond acceptors (Lipinski definition) is 5. The van der Waals surface area contributed by atoms with Gasteiger partial charge in [0.2, 0.25) is 10.0 Å². The van der Waals surface area contributed by atoms with Crippen molar-refractivity contribution < 1.29 is 13.2 Å². The highest BCUT2D eigenvalue weighted by Gasteiger charge is 2.22. The lowest BCUT2D eigenvalue weighted by atomic mass is 9.97. The molecule has 1 aliphatic rings. The van der Waals surface area contributed by atoms with Gasteiger partial charge in [-0.05, 0) is 80.4 Å². The molecule has 164 valence electrons. The van der Waals surface area contributed by atoms with Crippen molar-refractivity contribution in [3.05, 3.63) is 54.1 Å². The third-order valence-corrected chi connectivity index (χ3v) is 7.74. The molecule has 7 heteroatoms. The van der Waals surface area contributed by atoms with Crippen LogP contribution < -0.4 is 9.46 Å². The number of benzene rings is 2. The Morgan fingerprint density at radius 2 is 1.80 bits per heavy atom. The molecule has 0 atom stereocenters. The fourth-order valence-electron chi connectivity index (χ4n) is 3.67. The third kappa shape index (κ3) is 6.48. The highest BCUT2D eigenvalue weighted by Crippen LogP contribution is 2.24. The van der Waals surface area contributed by atoms with Crippen LogP contribution in [0.1, 0.15) is 31.7 Å². The molecular formula is C23H32N2O3S2. The predicted molar refractivity (Wildman–Crippen MR) is 124 cm³/mol. The Balaban J connectivity index is 1.46. The molecule has 0 aliphatic carbocycles. The molecule has 1 saturated heterocycles. The summed E-state index contributed by atoms with van der Waals surface area (Å²) in [6.07, 6.45) is 5.05. The lowest BCUT2D eigenvalue weighted by Gasteiger charge is -2.32. The van der Waals surface area contributed by atoms with Gasteiger partial charge in [-0.2, -0.15) is 0 Å². The molecule has 1 aliphatic heterocycles. The van der Waals surface area contributed by atoms with E-state index in [9.17, 15) is 8.42 Å². The second kappa shape index (κ2) is 11.2. The number of piperidine rings is 1.